The van der Waals surface area contributed by atoms with Gasteiger partial charge < -0.3 is 10.1 Å². The molecule has 6 nitrogen and oxygen atoms in total. The first kappa shape index (κ1) is 18.3. The number of ether oxygens (including phenoxy) is 1. The van der Waals surface area contributed by atoms with E-state index in [2.05, 4.69) is 16.1 Å². The number of hydrogen-bond donors (Lipinski definition) is 2. The number of hydrogen-bond acceptors (Lipinski definition) is 4. The van der Waals surface area contributed by atoms with Crippen molar-refractivity contribution in [3.63, 3.8) is 0 Å². The number of methoxy groups -OCH3 is 1. The normalized spacial score (nSPS) is 16.6. The summed E-state index contributed by atoms with van der Waals surface area (Å²) in [5.41, 5.74) is 5.16. The molecule has 0 aliphatic carbocycles. The van der Waals surface area contributed by atoms with Gasteiger partial charge in [0.2, 0.25) is 15.9 Å². The average Bonchev–Trinajstić information content (AvgIpc) is 2.54. The lowest BCUT2D eigenvalue weighted by atomic mass is 9.82. The van der Waals surface area contributed by atoms with Gasteiger partial charge in [-0.1, -0.05) is 12.1 Å². The minimum Gasteiger partial charge on any atom is -0.496 e. The lowest BCUT2D eigenvalue weighted by Gasteiger charge is -2.28. The molecule has 0 saturated carbocycles. The van der Waals surface area contributed by atoms with E-state index in [1.54, 1.807) is 19.2 Å². The predicted octanol–water partition coefficient (Wildman–Crippen LogP) is 3.16. The van der Waals surface area contributed by atoms with Gasteiger partial charge in [0, 0.05) is 18.0 Å². The van der Waals surface area contributed by atoms with Crippen LogP contribution in [0.25, 0.3) is 0 Å². The maximum absolute atomic E-state index is 12.3. The fraction of sp³-hybridized carbons (Fsp3) is 0.316. The van der Waals surface area contributed by atoms with E-state index in [1.807, 2.05) is 26.0 Å². The zero-order valence-electron chi connectivity index (χ0n) is 15.2. The van der Waals surface area contributed by atoms with E-state index in [0.29, 0.717) is 17.8 Å². The fourth-order valence-electron chi connectivity index (χ4n) is 3.43. The summed E-state index contributed by atoms with van der Waals surface area (Å²) >= 11 is 0. The molecule has 26 heavy (non-hydrogen) atoms. The van der Waals surface area contributed by atoms with Crippen molar-refractivity contribution in [2.75, 3.05) is 23.4 Å². The van der Waals surface area contributed by atoms with Crippen molar-refractivity contribution in [1.82, 2.24) is 0 Å². The van der Waals surface area contributed by atoms with Gasteiger partial charge in [0.15, 0.2) is 0 Å². The third-order valence-electron chi connectivity index (χ3n) is 4.55. The summed E-state index contributed by atoms with van der Waals surface area (Å²) in [6, 6.07) is 9.29. The molecule has 1 aliphatic rings. The van der Waals surface area contributed by atoms with E-state index in [1.165, 1.54) is 0 Å². The van der Waals surface area contributed by atoms with Crippen LogP contribution in [0.2, 0.25) is 0 Å². The zero-order valence-corrected chi connectivity index (χ0v) is 16.0. The zero-order chi connectivity index (χ0) is 19.1. The Hall–Kier alpha value is -2.54. The highest BCUT2D eigenvalue weighted by atomic mass is 32.2. The van der Waals surface area contributed by atoms with Crippen LogP contribution in [-0.2, 0) is 14.8 Å². The number of fused-ring (bicyclic) bond motifs is 1. The highest BCUT2D eigenvalue weighted by molar-refractivity contribution is 7.92. The molecule has 1 unspecified atom stereocenters. The minimum absolute atomic E-state index is 0.0874. The number of rotatable bonds is 4. The van der Waals surface area contributed by atoms with Crippen molar-refractivity contribution in [3.8, 4) is 5.75 Å². The van der Waals surface area contributed by atoms with E-state index in [9.17, 15) is 13.2 Å². The summed E-state index contributed by atoms with van der Waals surface area (Å²) < 4.78 is 30.7. The van der Waals surface area contributed by atoms with Crippen molar-refractivity contribution in [2.24, 2.45) is 0 Å². The SMILES string of the molecule is COc1cc(C)c(C2CC(=O)Nc3cc(NS(C)(=O)=O)ccc32)cc1C. The molecule has 7 heteroatoms. The predicted molar refractivity (Wildman–Crippen MR) is 102 cm³/mol. The Morgan fingerprint density at radius 3 is 2.50 bits per heavy atom. The van der Waals surface area contributed by atoms with Gasteiger partial charge >= 0.3 is 0 Å². The lowest BCUT2D eigenvalue weighted by molar-refractivity contribution is -0.116. The van der Waals surface area contributed by atoms with Crippen LogP contribution in [0.4, 0.5) is 11.4 Å². The van der Waals surface area contributed by atoms with Crippen molar-refractivity contribution in [2.45, 2.75) is 26.2 Å². The number of benzene rings is 2. The molecular formula is C19H22N2O4S. The number of nitrogens with one attached hydrogen (secondary N) is 2. The molecule has 2 N–H and O–H groups in total. The second kappa shape index (κ2) is 6.64. The van der Waals surface area contributed by atoms with Crippen LogP contribution in [0.1, 0.15) is 34.6 Å². The van der Waals surface area contributed by atoms with Gasteiger partial charge in [-0.2, -0.15) is 0 Å². The molecule has 138 valence electrons. The maximum atomic E-state index is 12.3. The van der Waals surface area contributed by atoms with Crippen LogP contribution in [0.5, 0.6) is 5.75 Å². The summed E-state index contributed by atoms with van der Waals surface area (Å²) in [6.07, 6.45) is 1.44. The summed E-state index contributed by atoms with van der Waals surface area (Å²) in [6.45, 7) is 3.98. The third-order valence-corrected chi connectivity index (χ3v) is 5.16. The van der Waals surface area contributed by atoms with Crippen LogP contribution >= 0.6 is 0 Å². The lowest BCUT2D eigenvalue weighted by Crippen LogP contribution is -2.24. The van der Waals surface area contributed by atoms with Crippen molar-refractivity contribution >= 4 is 27.3 Å². The Kier molecular flexibility index (Phi) is 4.66. The first-order chi connectivity index (χ1) is 12.2. The van der Waals surface area contributed by atoms with Crippen molar-refractivity contribution in [3.05, 3.63) is 52.6 Å². The fourth-order valence-corrected chi connectivity index (χ4v) is 3.98. The molecule has 0 aromatic heterocycles. The largest absolute Gasteiger partial charge is 0.496 e. The Morgan fingerprint density at radius 2 is 1.85 bits per heavy atom. The van der Waals surface area contributed by atoms with Crippen LogP contribution in [0, 0.1) is 13.8 Å². The highest BCUT2D eigenvalue weighted by Gasteiger charge is 2.28. The Balaban J connectivity index is 2.07. The van der Waals surface area contributed by atoms with Gasteiger partial charge in [0.25, 0.3) is 0 Å². The van der Waals surface area contributed by atoms with Crippen LogP contribution < -0.4 is 14.8 Å². The summed E-state index contributed by atoms with van der Waals surface area (Å²) in [5, 5.41) is 2.84. The van der Waals surface area contributed by atoms with E-state index >= 15 is 0 Å². The van der Waals surface area contributed by atoms with Crippen LogP contribution in [-0.4, -0.2) is 27.7 Å². The molecule has 0 fully saturated rings. The number of anilines is 2. The molecule has 2 aromatic carbocycles. The maximum Gasteiger partial charge on any atom is 0.229 e. The number of carbonyl (C=O) groups is 1. The minimum atomic E-state index is -3.38. The number of aryl methyl sites for hydroxylation is 2. The van der Waals surface area contributed by atoms with Crippen LogP contribution in [0.15, 0.2) is 30.3 Å². The molecule has 0 spiro atoms. The van der Waals surface area contributed by atoms with E-state index in [-0.39, 0.29) is 11.8 Å². The molecule has 1 atom stereocenters. The van der Waals surface area contributed by atoms with Gasteiger partial charge in [-0.3, -0.25) is 9.52 Å². The quantitative estimate of drug-likeness (QED) is 0.861. The first-order valence-corrected chi connectivity index (χ1v) is 10.1. The molecule has 0 bridgehead atoms. The standard InChI is InChI=1S/C19H22N2O4S/c1-11-8-18(25-3)12(2)7-15(11)16-10-19(22)20-17-9-13(5-6-14(16)17)21-26(4,23)24/h5-9,16,21H,10H2,1-4H3,(H,20,22). The molecule has 3 rings (SSSR count). The molecule has 2 aromatic rings. The topological polar surface area (TPSA) is 84.5 Å². The van der Waals surface area contributed by atoms with Gasteiger partial charge in [0.1, 0.15) is 5.75 Å². The van der Waals surface area contributed by atoms with Crippen molar-refractivity contribution < 1.29 is 17.9 Å². The summed E-state index contributed by atoms with van der Waals surface area (Å²) in [4.78, 5) is 12.3. The van der Waals surface area contributed by atoms with E-state index in [0.717, 1.165) is 34.3 Å². The summed E-state index contributed by atoms with van der Waals surface area (Å²) in [5.74, 6) is 0.641. The Bertz CT molecular complexity index is 983. The summed E-state index contributed by atoms with van der Waals surface area (Å²) in [7, 11) is -1.74. The monoisotopic (exact) mass is 374 g/mol. The van der Waals surface area contributed by atoms with Crippen LogP contribution in [0.3, 0.4) is 0 Å². The third kappa shape index (κ3) is 3.67. The van der Waals surface area contributed by atoms with Gasteiger partial charge in [-0.25, -0.2) is 8.42 Å². The molecule has 0 radical (unpaired) electrons. The first-order valence-electron chi connectivity index (χ1n) is 8.24. The second-order valence-electron chi connectivity index (χ2n) is 6.66. The van der Waals surface area contributed by atoms with E-state index in [4.69, 9.17) is 4.74 Å². The average molecular weight is 374 g/mol. The number of carbonyl (C=O) groups excluding carboxylic acids is 1. The Labute approximate surface area is 153 Å². The molecule has 1 amide bonds. The highest BCUT2D eigenvalue weighted by Crippen LogP contribution is 2.41. The molecular weight excluding hydrogens is 352 g/mol. The molecule has 1 heterocycles. The Morgan fingerprint density at radius 1 is 1.12 bits per heavy atom. The molecule has 1 aliphatic heterocycles. The van der Waals surface area contributed by atoms with Gasteiger partial charge in [0.05, 0.1) is 19.1 Å². The van der Waals surface area contributed by atoms with E-state index < -0.39 is 10.0 Å². The smallest absolute Gasteiger partial charge is 0.229 e. The number of sulfonamides is 1. The second-order valence-corrected chi connectivity index (χ2v) is 8.41. The van der Waals surface area contributed by atoms with Crippen molar-refractivity contribution in [1.29, 1.82) is 0 Å². The van der Waals surface area contributed by atoms with Gasteiger partial charge in [-0.15, -0.1) is 0 Å². The number of amides is 1. The molecule has 0 saturated heterocycles. The van der Waals surface area contributed by atoms with Gasteiger partial charge in [-0.05, 0) is 54.3 Å².